The molecular weight excluding hydrogens is 272 g/mol. The molecule has 0 aromatic carbocycles. The molecule has 0 unspecified atom stereocenters. The first-order valence-corrected chi connectivity index (χ1v) is 6.83. The van der Waals surface area contributed by atoms with Crippen molar-refractivity contribution in [1.82, 2.24) is 29.8 Å². The number of hydrogen-bond acceptors (Lipinski definition) is 5. The second-order valence-electron chi connectivity index (χ2n) is 4.96. The van der Waals surface area contributed by atoms with Gasteiger partial charge in [0.05, 0.1) is 12.2 Å². The molecule has 1 aliphatic rings. The molecule has 3 rings (SSSR count). The number of rotatable bonds is 2. The number of carbonyl (C=O) groups excluding carboxylic acids is 2. The first-order chi connectivity index (χ1) is 10.1. The van der Waals surface area contributed by atoms with E-state index in [-0.39, 0.29) is 11.8 Å². The molecule has 0 aliphatic carbocycles. The molecule has 0 atom stereocenters. The van der Waals surface area contributed by atoms with Crippen LogP contribution in [0.5, 0.6) is 0 Å². The van der Waals surface area contributed by atoms with Crippen LogP contribution in [0.25, 0.3) is 11.2 Å². The van der Waals surface area contributed by atoms with Crippen molar-refractivity contribution in [3.8, 4) is 0 Å². The molecule has 1 saturated heterocycles. The Bertz CT molecular complexity index is 710. The predicted octanol–water partition coefficient (Wildman–Crippen LogP) is 0.0152. The van der Waals surface area contributed by atoms with E-state index in [0.717, 1.165) is 0 Å². The maximum atomic E-state index is 12.6. The number of carbonyl (C=O) groups is 2. The molecule has 0 N–H and O–H groups in total. The lowest BCUT2D eigenvalue weighted by molar-refractivity contribution is -0.130. The van der Waals surface area contributed by atoms with E-state index in [4.69, 9.17) is 0 Å². The highest BCUT2D eigenvalue weighted by molar-refractivity contribution is 6.04. The number of fused-ring (bicyclic) bond motifs is 1. The van der Waals surface area contributed by atoms with E-state index in [9.17, 15) is 9.59 Å². The third-order valence-corrected chi connectivity index (χ3v) is 3.64. The van der Waals surface area contributed by atoms with Crippen LogP contribution in [-0.2, 0) is 11.8 Å². The number of hydrogen-bond donors (Lipinski definition) is 0. The van der Waals surface area contributed by atoms with E-state index in [0.29, 0.717) is 42.9 Å². The van der Waals surface area contributed by atoms with Crippen LogP contribution in [0.2, 0.25) is 0 Å². The third-order valence-electron chi connectivity index (χ3n) is 3.64. The van der Waals surface area contributed by atoms with Crippen molar-refractivity contribution in [1.29, 1.82) is 0 Å². The summed E-state index contributed by atoms with van der Waals surface area (Å²) in [5, 5.41) is 7.89. The first-order valence-electron chi connectivity index (χ1n) is 6.83. The van der Waals surface area contributed by atoms with Crippen molar-refractivity contribution < 1.29 is 9.59 Å². The molecule has 0 spiro atoms. The van der Waals surface area contributed by atoms with Crippen LogP contribution in [0.1, 0.15) is 23.7 Å². The van der Waals surface area contributed by atoms with Gasteiger partial charge >= 0.3 is 0 Å². The van der Waals surface area contributed by atoms with Gasteiger partial charge in [0, 0.05) is 32.8 Å². The number of pyridine rings is 1. The molecule has 0 saturated carbocycles. The molecule has 0 radical (unpaired) electrons. The summed E-state index contributed by atoms with van der Waals surface area (Å²) in [7, 11) is 1.73. The van der Waals surface area contributed by atoms with Crippen molar-refractivity contribution in [2.24, 2.45) is 7.05 Å². The van der Waals surface area contributed by atoms with Crippen LogP contribution in [0.3, 0.4) is 0 Å². The fourth-order valence-electron chi connectivity index (χ4n) is 2.46. The van der Waals surface area contributed by atoms with Gasteiger partial charge in [0.25, 0.3) is 5.91 Å². The van der Waals surface area contributed by atoms with Crippen molar-refractivity contribution in [2.75, 3.05) is 19.8 Å². The number of aryl methyl sites for hydroxylation is 1. The molecule has 1 aliphatic heterocycles. The molecule has 2 amide bonds. The Hall–Kier alpha value is -2.51. The van der Waals surface area contributed by atoms with E-state index >= 15 is 0 Å². The molecule has 0 bridgehead atoms. The van der Waals surface area contributed by atoms with E-state index in [1.807, 2.05) is 6.92 Å². The maximum Gasteiger partial charge on any atom is 0.257 e. The Labute approximate surface area is 121 Å². The molecule has 1 fully saturated rings. The average molecular weight is 288 g/mol. The van der Waals surface area contributed by atoms with E-state index in [2.05, 4.69) is 15.3 Å². The van der Waals surface area contributed by atoms with Crippen molar-refractivity contribution in [2.45, 2.75) is 13.3 Å². The third kappa shape index (κ3) is 2.22. The second kappa shape index (κ2) is 5.12. The van der Waals surface area contributed by atoms with E-state index in [1.165, 1.54) is 4.68 Å². The summed E-state index contributed by atoms with van der Waals surface area (Å²) >= 11 is 0. The van der Waals surface area contributed by atoms with Gasteiger partial charge in [0.1, 0.15) is 5.52 Å². The minimum absolute atomic E-state index is 0.0599. The highest BCUT2D eigenvalue weighted by Crippen LogP contribution is 2.17. The molecule has 8 nitrogen and oxygen atoms in total. The number of aromatic nitrogens is 4. The zero-order valence-corrected chi connectivity index (χ0v) is 12.0. The van der Waals surface area contributed by atoms with Crippen LogP contribution < -0.4 is 0 Å². The Balaban J connectivity index is 1.87. The lowest BCUT2D eigenvalue weighted by Gasteiger charge is -2.18. The summed E-state index contributed by atoms with van der Waals surface area (Å²) in [6.45, 7) is 3.26. The fourth-order valence-corrected chi connectivity index (χ4v) is 2.46. The molecule has 8 heteroatoms. The van der Waals surface area contributed by atoms with Crippen LogP contribution >= 0.6 is 0 Å². The topological polar surface area (TPSA) is 84.2 Å². The molecule has 21 heavy (non-hydrogen) atoms. The molecule has 2 aromatic rings. The normalized spacial score (nSPS) is 15.0. The predicted molar refractivity (Wildman–Crippen MR) is 74.2 cm³/mol. The van der Waals surface area contributed by atoms with Crippen molar-refractivity contribution in [3.05, 3.63) is 17.8 Å². The molecule has 110 valence electrons. The zero-order chi connectivity index (χ0) is 15.0. The molecule has 2 aromatic heterocycles. The summed E-state index contributed by atoms with van der Waals surface area (Å²) in [6.07, 6.45) is 2.02. The van der Waals surface area contributed by atoms with Crippen LogP contribution in [-0.4, -0.2) is 61.4 Å². The standard InChI is InChI=1S/C13H16N6O2/c1-3-10(20)18-6-7-19(8-18)13(21)9-4-5-14-12-11(9)15-16-17(12)2/h4-5H,3,6-8H2,1-2H3. The van der Waals surface area contributed by atoms with Gasteiger partial charge in [-0.2, -0.15) is 0 Å². The lowest BCUT2D eigenvalue weighted by Crippen LogP contribution is -2.33. The average Bonchev–Trinajstić information content (AvgIpc) is 3.13. The molecular formula is C13H16N6O2. The van der Waals surface area contributed by atoms with Crippen LogP contribution in [0, 0.1) is 0 Å². The Morgan fingerprint density at radius 2 is 2.05 bits per heavy atom. The Morgan fingerprint density at radius 3 is 2.81 bits per heavy atom. The quantitative estimate of drug-likeness (QED) is 0.777. The van der Waals surface area contributed by atoms with Crippen molar-refractivity contribution >= 4 is 23.0 Å². The van der Waals surface area contributed by atoms with Gasteiger partial charge in [0.15, 0.2) is 5.65 Å². The van der Waals surface area contributed by atoms with Gasteiger partial charge in [-0.05, 0) is 6.07 Å². The smallest absolute Gasteiger partial charge is 0.257 e. The van der Waals surface area contributed by atoms with Crippen LogP contribution in [0.4, 0.5) is 0 Å². The summed E-state index contributed by atoms with van der Waals surface area (Å²) in [4.78, 5) is 31.8. The summed E-state index contributed by atoms with van der Waals surface area (Å²) < 4.78 is 1.53. The Morgan fingerprint density at radius 1 is 1.29 bits per heavy atom. The highest BCUT2D eigenvalue weighted by atomic mass is 16.2. The van der Waals surface area contributed by atoms with Gasteiger partial charge < -0.3 is 9.80 Å². The SMILES string of the molecule is CCC(=O)N1CCN(C(=O)c2ccnc3c2nnn3C)C1. The maximum absolute atomic E-state index is 12.6. The summed E-state index contributed by atoms with van der Waals surface area (Å²) in [6, 6.07) is 1.64. The van der Waals surface area contributed by atoms with Gasteiger partial charge in [-0.25, -0.2) is 9.67 Å². The minimum Gasteiger partial charge on any atom is -0.323 e. The highest BCUT2D eigenvalue weighted by Gasteiger charge is 2.29. The fraction of sp³-hybridized carbons (Fsp3) is 0.462. The second-order valence-corrected chi connectivity index (χ2v) is 4.96. The number of amides is 2. The monoisotopic (exact) mass is 288 g/mol. The minimum atomic E-state index is -0.144. The lowest BCUT2D eigenvalue weighted by atomic mass is 10.2. The van der Waals surface area contributed by atoms with Gasteiger partial charge in [-0.3, -0.25) is 9.59 Å². The van der Waals surface area contributed by atoms with Gasteiger partial charge in [0.2, 0.25) is 5.91 Å². The summed E-state index contributed by atoms with van der Waals surface area (Å²) in [5.74, 6) is -0.0843. The first kappa shape index (κ1) is 13.5. The largest absolute Gasteiger partial charge is 0.323 e. The van der Waals surface area contributed by atoms with Crippen molar-refractivity contribution in [3.63, 3.8) is 0 Å². The zero-order valence-electron chi connectivity index (χ0n) is 12.0. The van der Waals surface area contributed by atoms with Gasteiger partial charge in [-0.15, -0.1) is 5.10 Å². The van der Waals surface area contributed by atoms with E-state index in [1.54, 1.807) is 29.1 Å². The van der Waals surface area contributed by atoms with E-state index < -0.39 is 0 Å². The van der Waals surface area contributed by atoms with Gasteiger partial charge in [-0.1, -0.05) is 12.1 Å². The van der Waals surface area contributed by atoms with Crippen LogP contribution in [0.15, 0.2) is 12.3 Å². The molecule has 3 heterocycles. The summed E-state index contributed by atoms with van der Waals surface area (Å²) in [5.41, 5.74) is 1.53. The Kier molecular flexibility index (Phi) is 3.28. The number of nitrogens with zero attached hydrogens (tertiary/aromatic N) is 6.